The second kappa shape index (κ2) is 5.79. The van der Waals surface area contributed by atoms with Crippen LogP contribution in [0.4, 0.5) is 8.78 Å². The number of aryl methyl sites for hydroxylation is 1. The molecule has 0 amide bonds. The Bertz CT molecular complexity index is 566. The Hall–Kier alpha value is -1.27. The first-order chi connectivity index (χ1) is 9.01. The summed E-state index contributed by atoms with van der Waals surface area (Å²) in [5, 5.41) is 14.3. The lowest BCUT2D eigenvalue weighted by atomic mass is 10.1. The van der Waals surface area contributed by atoms with Gasteiger partial charge in [0.15, 0.2) is 0 Å². The summed E-state index contributed by atoms with van der Waals surface area (Å²) in [5.41, 5.74) is 1.01. The van der Waals surface area contributed by atoms with Crippen LogP contribution in [-0.2, 0) is 13.0 Å². The van der Waals surface area contributed by atoms with Crippen LogP contribution in [-0.4, -0.2) is 14.9 Å². The van der Waals surface area contributed by atoms with Gasteiger partial charge in [-0.1, -0.05) is 0 Å². The fourth-order valence-electron chi connectivity index (χ4n) is 2.00. The van der Waals surface area contributed by atoms with E-state index in [-0.39, 0.29) is 6.42 Å². The summed E-state index contributed by atoms with van der Waals surface area (Å²) in [5.74, 6) is -1.30. The molecular weight excluding hydrogens is 318 g/mol. The van der Waals surface area contributed by atoms with Gasteiger partial charge in [-0.25, -0.2) is 8.78 Å². The molecule has 0 saturated carbocycles. The van der Waals surface area contributed by atoms with E-state index in [1.807, 2.05) is 6.92 Å². The topological polar surface area (TPSA) is 38.0 Å². The predicted molar refractivity (Wildman–Crippen MR) is 70.6 cm³/mol. The normalized spacial score (nSPS) is 12.7. The molecule has 102 valence electrons. The molecule has 1 N–H and O–H groups in total. The molecule has 3 nitrogen and oxygen atoms in total. The summed E-state index contributed by atoms with van der Waals surface area (Å²) in [7, 11) is 0. The van der Waals surface area contributed by atoms with Gasteiger partial charge in [-0.2, -0.15) is 5.10 Å². The van der Waals surface area contributed by atoms with Crippen LogP contribution >= 0.6 is 15.9 Å². The number of halogens is 3. The number of aromatic nitrogens is 2. The Balaban J connectivity index is 2.25. The minimum atomic E-state index is -0.877. The molecule has 0 aliphatic carbocycles. The highest BCUT2D eigenvalue weighted by Crippen LogP contribution is 2.26. The fraction of sp³-hybridized carbons (Fsp3) is 0.308. The van der Waals surface area contributed by atoms with Crippen LogP contribution in [0.25, 0.3) is 0 Å². The number of hydrogen-bond donors (Lipinski definition) is 1. The molecule has 1 aromatic heterocycles. The Morgan fingerprint density at radius 1 is 1.32 bits per heavy atom. The number of nitrogens with zero attached hydrogens (tertiary/aromatic N) is 2. The molecule has 0 bridgehead atoms. The van der Waals surface area contributed by atoms with Crippen molar-refractivity contribution in [1.29, 1.82) is 0 Å². The molecule has 0 aliphatic heterocycles. The number of benzene rings is 1. The van der Waals surface area contributed by atoms with E-state index in [0.29, 0.717) is 22.3 Å². The third kappa shape index (κ3) is 3.19. The second-order valence-corrected chi connectivity index (χ2v) is 5.05. The van der Waals surface area contributed by atoms with Crippen molar-refractivity contribution in [3.8, 4) is 0 Å². The molecule has 0 saturated heterocycles. The summed E-state index contributed by atoms with van der Waals surface area (Å²) in [6.07, 6.45) is 0.839. The first kappa shape index (κ1) is 14.1. The van der Waals surface area contributed by atoms with Crippen molar-refractivity contribution in [1.82, 2.24) is 9.78 Å². The summed E-state index contributed by atoms with van der Waals surface area (Å²) in [4.78, 5) is 0. The molecule has 2 rings (SSSR count). The smallest absolute Gasteiger partial charge is 0.126 e. The Labute approximate surface area is 118 Å². The van der Waals surface area contributed by atoms with E-state index in [9.17, 15) is 13.9 Å². The number of aliphatic hydroxyl groups excluding tert-OH is 1. The van der Waals surface area contributed by atoms with Gasteiger partial charge in [0, 0.05) is 19.0 Å². The van der Waals surface area contributed by atoms with Gasteiger partial charge >= 0.3 is 0 Å². The Morgan fingerprint density at radius 2 is 1.95 bits per heavy atom. The molecule has 1 atom stereocenters. The van der Waals surface area contributed by atoms with Crippen LogP contribution in [0.3, 0.4) is 0 Å². The monoisotopic (exact) mass is 330 g/mol. The Kier molecular flexibility index (Phi) is 4.31. The minimum absolute atomic E-state index is 0.124. The van der Waals surface area contributed by atoms with Crippen molar-refractivity contribution in [3.63, 3.8) is 0 Å². The molecule has 19 heavy (non-hydrogen) atoms. The molecule has 0 radical (unpaired) electrons. The SMILES string of the molecule is CCn1ncc(Br)c1C(O)Cc1cc(F)cc(F)c1. The van der Waals surface area contributed by atoms with Gasteiger partial charge in [-0.05, 0) is 40.5 Å². The zero-order valence-corrected chi connectivity index (χ0v) is 11.9. The van der Waals surface area contributed by atoms with Crippen molar-refractivity contribution in [2.45, 2.75) is 26.0 Å². The largest absolute Gasteiger partial charge is 0.386 e. The van der Waals surface area contributed by atoms with Crippen LogP contribution in [0.1, 0.15) is 24.3 Å². The van der Waals surface area contributed by atoms with Crippen LogP contribution < -0.4 is 0 Å². The average Bonchev–Trinajstić information content (AvgIpc) is 2.68. The first-order valence-electron chi connectivity index (χ1n) is 5.85. The van der Waals surface area contributed by atoms with E-state index in [2.05, 4.69) is 21.0 Å². The molecular formula is C13H13BrF2N2O. The first-order valence-corrected chi connectivity index (χ1v) is 6.64. The highest BCUT2D eigenvalue weighted by Gasteiger charge is 2.18. The fourth-order valence-corrected chi connectivity index (χ4v) is 2.56. The zero-order chi connectivity index (χ0) is 14.0. The van der Waals surface area contributed by atoms with Crippen LogP contribution in [0.15, 0.2) is 28.9 Å². The maximum Gasteiger partial charge on any atom is 0.126 e. The van der Waals surface area contributed by atoms with E-state index in [4.69, 9.17) is 0 Å². The van der Waals surface area contributed by atoms with Gasteiger partial charge in [0.25, 0.3) is 0 Å². The van der Waals surface area contributed by atoms with Gasteiger partial charge < -0.3 is 5.11 Å². The maximum absolute atomic E-state index is 13.1. The molecule has 1 aromatic carbocycles. The Morgan fingerprint density at radius 3 is 2.53 bits per heavy atom. The molecule has 1 unspecified atom stereocenters. The summed E-state index contributed by atoms with van der Waals surface area (Å²) in [6, 6.07) is 3.24. The molecule has 0 aliphatic rings. The van der Waals surface area contributed by atoms with E-state index in [1.165, 1.54) is 12.1 Å². The van der Waals surface area contributed by atoms with E-state index >= 15 is 0 Å². The van der Waals surface area contributed by atoms with Gasteiger partial charge in [0.1, 0.15) is 17.7 Å². The van der Waals surface area contributed by atoms with Crippen molar-refractivity contribution >= 4 is 15.9 Å². The molecule has 0 spiro atoms. The van der Waals surface area contributed by atoms with Crippen molar-refractivity contribution in [2.24, 2.45) is 0 Å². The van der Waals surface area contributed by atoms with Crippen molar-refractivity contribution < 1.29 is 13.9 Å². The number of rotatable bonds is 4. The van der Waals surface area contributed by atoms with Crippen LogP contribution in [0, 0.1) is 11.6 Å². The quantitative estimate of drug-likeness (QED) is 0.934. The summed E-state index contributed by atoms with van der Waals surface area (Å²) < 4.78 is 28.5. The average molecular weight is 331 g/mol. The maximum atomic E-state index is 13.1. The molecule has 2 aromatic rings. The third-order valence-electron chi connectivity index (χ3n) is 2.80. The summed E-state index contributed by atoms with van der Waals surface area (Å²) >= 11 is 3.31. The number of hydrogen-bond acceptors (Lipinski definition) is 2. The summed E-state index contributed by atoms with van der Waals surface area (Å²) in [6.45, 7) is 2.51. The van der Waals surface area contributed by atoms with Gasteiger partial charge in [-0.3, -0.25) is 4.68 Å². The van der Waals surface area contributed by atoms with E-state index in [0.717, 1.165) is 6.07 Å². The number of aliphatic hydroxyl groups is 1. The van der Waals surface area contributed by atoms with Gasteiger partial charge in [0.05, 0.1) is 16.4 Å². The second-order valence-electron chi connectivity index (χ2n) is 4.19. The zero-order valence-electron chi connectivity index (χ0n) is 10.3. The highest BCUT2D eigenvalue weighted by atomic mass is 79.9. The molecule has 1 heterocycles. The lowest BCUT2D eigenvalue weighted by molar-refractivity contribution is 0.166. The standard InChI is InChI=1S/C13H13BrF2N2O/c1-2-18-13(11(14)7-17-18)12(19)5-8-3-9(15)6-10(16)4-8/h3-4,6-7,12,19H,2,5H2,1H3. The van der Waals surface area contributed by atoms with Crippen LogP contribution in [0.2, 0.25) is 0 Å². The third-order valence-corrected chi connectivity index (χ3v) is 3.41. The van der Waals surface area contributed by atoms with Gasteiger partial charge in [-0.15, -0.1) is 0 Å². The predicted octanol–water partition coefficient (Wildman–Crippen LogP) is 3.22. The van der Waals surface area contributed by atoms with Crippen molar-refractivity contribution in [3.05, 3.63) is 51.8 Å². The van der Waals surface area contributed by atoms with Crippen molar-refractivity contribution in [2.75, 3.05) is 0 Å². The lowest BCUT2D eigenvalue weighted by Crippen LogP contribution is -2.11. The lowest BCUT2D eigenvalue weighted by Gasteiger charge is -2.13. The molecule has 0 fully saturated rings. The highest BCUT2D eigenvalue weighted by molar-refractivity contribution is 9.10. The van der Waals surface area contributed by atoms with Crippen LogP contribution in [0.5, 0.6) is 0 Å². The molecule has 6 heteroatoms. The van der Waals surface area contributed by atoms with E-state index < -0.39 is 17.7 Å². The minimum Gasteiger partial charge on any atom is -0.386 e. The van der Waals surface area contributed by atoms with E-state index in [1.54, 1.807) is 10.9 Å². The van der Waals surface area contributed by atoms with Gasteiger partial charge in [0.2, 0.25) is 0 Å².